The van der Waals surface area contributed by atoms with Crippen LogP contribution in [0.15, 0.2) is 42.2 Å². The first-order valence-electron chi connectivity index (χ1n) is 5.87. The van der Waals surface area contributed by atoms with Crippen molar-refractivity contribution < 1.29 is 19.0 Å². The highest BCUT2D eigenvalue weighted by Gasteiger charge is 2.05. The first kappa shape index (κ1) is 14.1. The highest BCUT2D eigenvalue weighted by Crippen LogP contribution is 2.07. The number of hydrogen-bond acceptors (Lipinski definition) is 4. The topological polar surface area (TPSA) is 44.8 Å². The second-order valence-corrected chi connectivity index (χ2v) is 3.55. The molecule has 0 aromatic heterocycles. The molecule has 0 bridgehead atoms. The highest BCUT2D eigenvalue weighted by molar-refractivity contribution is 5.87. The van der Waals surface area contributed by atoms with Gasteiger partial charge in [-0.25, -0.2) is 4.79 Å². The van der Waals surface area contributed by atoms with Crippen LogP contribution in [-0.4, -0.2) is 25.8 Å². The maximum absolute atomic E-state index is 11.4. The van der Waals surface area contributed by atoms with E-state index in [-0.39, 0.29) is 12.6 Å². The number of ether oxygens (including phenoxy) is 3. The van der Waals surface area contributed by atoms with Crippen LogP contribution in [0.4, 0.5) is 0 Å². The highest BCUT2D eigenvalue weighted by atomic mass is 16.6. The second kappa shape index (κ2) is 8.17. The molecule has 0 saturated carbocycles. The molecule has 4 heteroatoms. The Morgan fingerprint density at radius 1 is 1.22 bits per heavy atom. The maximum Gasteiger partial charge on any atom is 0.336 e. The summed E-state index contributed by atoms with van der Waals surface area (Å²) in [5, 5.41) is 0. The van der Waals surface area contributed by atoms with E-state index in [0.717, 1.165) is 5.75 Å². The van der Waals surface area contributed by atoms with E-state index in [1.807, 2.05) is 37.3 Å². The zero-order valence-electron chi connectivity index (χ0n) is 10.7. The van der Waals surface area contributed by atoms with Crippen LogP contribution in [0, 0.1) is 0 Å². The minimum atomic E-state index is -0.389. The van der Waals surface area contributed by atoms with Gasteiger partial charge in [0.25, 0.3) is 0 Å². The van der Waals surface area contributed by atoms with Crippen LogP contribution in [0.3, 0.4) is 0 Å². The summed E-state index contributed by atoms with van der Waals surface area (Å²) in [6.07, 6.45) is 1.40. The number of hydrogen-bond donors (Lipinski definition) is 0. The molecule has 18 heavy (non-hydrogen) atoms. The van der Waals surface area contributed by atoms with Crippen LogP contribution in [0.1, 0.15) is 13.8 Å². The fourth-order valence-corrected chi connectivity index (χ4v) is 1.18. The minimum Gasteiger partial charge on any atom is -0.501 e. The van der Waals surface area contributed by atoms with Gasteiger partial charge >= 0.3 is 5.97 Å². The van der Waals surface area contributed by atoms with Crippen molar-refractivity contribution >= 4 is 5.97 Å². The summed E-state index contributed by atoms with van der Waals surface area (Å²) in [6.45, 7) is 4.57. The van der Waals surface area contributed by atoms with Crippen molar-refractivity contribution in [2.24, 2.45) is 0 Å². The van der Waals surface area contributed by atoms with E-state index < -0.39 is 0 Å². The van der Waals surface area contributed by atoms with Gasteiger partial charge < -0.3 is 14.2 Å². The van der Waals surface area contributed by atoms with E-state index in [1.54, 1.807) is 6.92 Å². The lowest BCUT2D eigenvalue weighted by Crippen LogP contribution is -2.13. The maximum atomic E-state index is 11.4. The SMILES string of the molecule is CCO/C=C(\C)C(=O)OCCOc1ccccc1. The number of carbonyl (C=O) groups excluding carboxylic acids is 1. The van der Waals surface area contributed by atoms with E-state index >= 15 is 0 Å². The number of rotatable bonds is 7. The van der Waals surface area contributed by atoms with Gasteiger partial charge in [-0.05, 0) is 26.0 Å². The molecule has 0 heterocycles. The van der Waals surface area contributed by atoms with Gasteiger partial charge in [0.2, 0.25) is 0 Å². The van der Waals surface area contributed by atoms with Crippen molar-refractivity contribution in [2.45, 2.75) is 13.8 Å². The molecule has 98 valence electrons. The summed E-state index contributed by atoms with van der Waals surface area (Å²) in [7, 11) is 0. The molecule has 1 aromatic carbocycles. The number of para-hydroxylation sites is 1. The van der Waals surface area contributed by atoms with Crippen molar-refractivity contribution in [3.8, 4) is 5.75 Å². The lowest BCUT2D eigenvalue weighted by molar-refractivity contribution is -0.139. The summed E-state index contributed by atoms with van der Waals surface area (Å²) in [4.78, 5) is 11.4. The molecule has 0 fully saturated rings. The standard InChI is InChI=1S/C14H18O4/c1-3-16-11-12(2)14(15)18-10-9-17-13-7-5-4-6-8-13/h4-8,11H,3,9-10H2,1-2H3/b12-11+. The molecule has 1 aromatic rings. The van der Waals surface area contributed by atoms with E-state index in [9.17, 15) is 4.79 Å². The zero-order valence-corrected chi connectivity index (χ0v) is 10.7. The van der Waals surface area contributed by atoms with Crippen LogP contribution >= 0.6 is 0 Å². The van der Waals surface area contributed by atoms with Crippen molar-refractivity contribution in [1.29, 1.82) is 0 Å². The largest absolute Gasteiger partial charge is 0.501 e. The molecule has 0 aliphatic carbocycles. The van der Waals surface area contributed by atoms with Crippen LogP contribution in [0.2, 0.25) is 0 Å². The Kier molecular flexibility index (Phi) is 6.40. The molecule has 1 rings (SSSR count). The van der Waals surface area contributed by atoms with Crippen LogP contribution in [-0.2, 0) is 14.3 Å². The summed E-state index contributed by atoms with van der Waals surface area (Å²) in [5.74, 6) is 0.371. The van der Waals surface area contributed by atoms with Gasteiger partial charge in [0.05, 0.1) is 18.4 Å². The van der Waals surface area contributed by atoms with E-state index in [1.165, 1.54) is 6.26 Å². The smallest absolute Gasteiger partial charge is 0.336 e. The van der Waals surface area contributed by atoms with Crippen molar-refractivity contribution in [3.05, 3.63) is 42.2 Å². The van der Waals surface area contributed by atoms with Gasteiger partial charge in [-0.2, -0.15) is 0 Å². The number of carbonyl (C=O) groups is 1. The summed E-state index contributed by atoms with van der Waals surface area (Å²) in [5.41, 5.74) is 0.441. The van der Waals surface area contributed by atoms with Crippen molar-refractivity contribution in [3.63, 3.8) is 0 Å². The van der Waals surface area contributed by atoms with Gasteiger partial charge in [-0.3, -0.25) is 0 Å². The fourth-order valence-electron chi connectivity index (χ4n) is 1.18. The van der Waals surface area contributed by atoms with Gasteiger partial charge in [0.15, 0.2) is 0 Å². The lowest BCUT2D eigenvalue weighted by Gasteiger charge is -2.07. The Balaban J connectivity index is 2.20. The van der Waals surface area contributed by atoms with E-state index in [0.29, 0.717) is 18.8 Å². The molecule has 0 aliphatic heterocycles. The molecular weight excluding hydrogens is 232 g/mol. The third-order valence-corrected chi connectivity index (χ3v) is 2.08. The molecule has 0 N–H and O–H groups in total. The quantitative estimate of drug-likeness (QED) is 0.323. The lowest BCUT2D eigenvalue weighted by atomic mass is 10.3. The average Bonchev–Trinajstić information content (AvgIpc) is 2.41. The second-order valence-electron chi connectivity index (χ2n) is 3.55. The first-order valence-corrected chi connectivity index (χ1v) is 5.87. The minimum absolute atomic E-state index is 0.213. The average molecular weight is 250 g/mol. The molecule has 0 atom stereocenters. The van der Waals surface area contributed by atoms with Gasteiger partial charge in [0, 0.05) is 0 Å². The molecular formula is C14H18O4. The Hall–Kier alpha value is -1.97. The summed E-state index contributed by atoms with van der Waals surface area (Å²) < 4.78 is 15.4. The van der Waals surface area contributed by atoms with Gasteiger partial charge in [-0.1, -0.05) is 18.2 Å². The van der Waals surface area contributed by atoms with Crippen molar-refractivity contribution in [2.75, 3.05) is 19.8 Å². The molecule has 0 spiro atoms. The van der Waals surface area contributed by atoms with E-state index in [2.05, 4.69) is 0 Å². The van der Waals surface area contributed by atoms with Crippen LogP contribution in [0.5, 0.6) is 5.75 Å². The normalized spacial score (nSPS) is 10.9. The summed E-state index contributed by atoms with van der Waals surface area (Å²) in [6, 6.07) is 9.38. The van der Waals surface area contributed by atoms with Gasteiger partial charge in [0.1, 0.15) is 19.0 Å². The fraction of sp³-hybridized carbons (Fsp3) is 0.357. The third kappa shape index (κ3) is 5.39. The number of esters is 1. The molecule has 0 radical (unpaired) electrons. The third-order valence-electron chi connectivity index (χ3n) is 2.08. The Morgan fingerprint density at radius 3 is 2.61 bits per heavy atom. The molecule has 0 aliphatic rings. The van der Waals surface area contributed by atoms with Crippen molar-refractivity contribution in [1.82, 2.24) is 0 Å². The predicted octanol–water partition coefficient (Wildman–Crippen LogP) is 2.55. The van der Waals surface area contributed by atoms with E-state index in [4.69, 9.17) is 14.2 Å². The number of benzene rings is 1. The Labute approximate surface area is 107 Å². The molecule has 0 unspecified atom stereocenters. The Bertz CT molecular complexity index is 384. The van der Waals surface area contributed by atoms with Crippen LogP contribution < -0.4 is 4.74 Å². The van der Waals surface area contributed by atoms with Crippen LogP contribution in [0.25, 0.3) is 0 Å². The molecule has 0 amide bonds. The summed E-state index contributed by atoms with van der Waals surface area (Å²) >= 11 is 0. The van der Waals surface area contributed by atoms with Gasteiger partial charge in [-0.15, -0.1) is 0 Å². The molecule has 0 saturated heterocycles. The monoisotopic (exact) mass is 250 g/mol. The zero-order chi connectivity index (χ0) is 13.2. The molecule has 4 nitrogen and oxygen atoms in total. The predicted molar refractivity (Wildman–Crippen MR) is 68.3 cm³/mol. The Morgan fingerprint density at radius 2 is 1.94 bits per heavy atom. The first-order chi connectivity index (χ1) is 8.74.